The van der Waals surface area contributed by atoms with Gasteiger partial charge in [-0.1, -0.05) is 33.6 Å². The second-order valence-corrected chi connectivity index (χ2v) is 7.21. The predicted octanol–water partition coefficient (Wildman–Crippen LogP) is 3.62. The highest BCUT2D eigenvalue weighted by molar-refractivity contribution is 9.10. The van der Waals surface area contributed by atoms with E-state index in [0.717, 1.165) is 42.5 Å². The first-order chi connectivity index (χ1) is 9.97. The summed E-state index contributed by atoms with van der Waals surface area (Å²) in [4.78, 5) is 2.36. The maximum Gasteiger partial charge on any atom is 0.0816 e. The second-order valence-electron chi connectivity index (χ2n) is 5.89. The molecule has 5 heteroatoms. The number of hydrogen-bond acceptors (Lipinski definition) is 3. The average Bonchev–Trinajstić information content (AvgIpc) is 2.45. The van der Waals surface area contributed by atoms with Gasteiger partial charge in [0, 0.05) is 16.0 Å². The molecule has 2 N–H and O–H groups in total. The lowest BCUT2D eigenvalue weighted by atomic mass is 9.92. The Kier molecular flexibility index (Phi) is 6.51. The molecule has 118 valence electrons. The lowest BCUT2D eigenvalue weighted by Crippen LogP contribution is -2.37. The van der Waals surface area contributed by atoms with Crippen LogP contribution in [0.15, 0.2) is 22.7 Å². The van der Waals surface area contributed by atoms with Crippen LogP contribution < -0.4 is 0 Å². The number of benzene rings is 1. The maximum absolute atomic E-state index is 10.3. The van der Waals surface area contributed by atoms with Crippen molar-refractivity contribution < 1.29 is 10.2 Å². The third-order valence-corrected chi connectivity index (χ3v) is 5.18. The van der Waals surface area contributed by atoms with Gasteiger partial charge in [-0.3, -0.25) is 0 Å². The molecule has 0 saturated carbocycles. The van der Waals surface area contributed by atoms with Crippen molar-refractivity contribution >= 4 is 27.5 Å². The van der Waals surface area contributed by atoms with Crippen LogP contribution in [0.4, 0.5) is 0 Å². The summed E-state index contributed by atoms with van der Waals surface area (Å²) < 4.78 is 0.920. The molecule has 0 aliphatic carbocycles. The zero-order valence-electron chi connectivity index (χ0n) is 12.3. The minimum Gasteiger partial charge on any atom is -0.393 e. The van der Waals surface area contributed by atoms with Crippen LogP contribution in [0.3, 0.4) is 0 Å². The number of aliphatic hydroxyl groups excluding tert-OH is 2. The zero-order valence-corrected chi connectivity index (χ0v) is 14.6. The average molecular weight is 377 g/mol. The number of hydrogen-bond donors (Lipinski definition) is 2. The van der Waals surface area contributed by atoms with E-state index in [-0.39, 0.29) is 6.10 Å². The number of halogens is 2. The highest BCUT2D eigenvalue weighted by Crippen LogP contribution is 2.29. The Hall–Kier alpha value is -0.130. The molecule has 1 aromatic carbocycles. The van der Waals surface area contributed by atoms with Crippen molar-refractivity contribution in [1.29, 1.82) is 0 Å². The summed E-state index contributed by atoms with van der Waals surface area (Å²) in [5.41, 5.74) is 0.790. The highest BCUT2D eigenvalue weighted by atomic mass is 79.9. The first-order valence-corrected chi connectivity index (χ1v) is 8.68. The van der Waals surface area contributed by atoms with Gasteiger partial charge < -0.3 is 15.1 Å². The standard InChI is InChI=1S/C16H23BrClNO2/c1-11(20)12-4-7-19(8-5-12)9-6-16(21)14-3-2-13(17)10-15(14)18/h2-3,10-12,16,20-21H,4-9H2,1H3. The zero-order chi connectivity index (χ0) is 15.4. The summed E-state index contributed by atoms with van der Waals surface area (Å²) in [6.07, 6.45) is 2.01. The van der Waals surface area contributed by atoms with Crippen LogP contribution in [0.25, 0.3) is 0 Å². The van der Waals surface area contributed by atoms with E-state index in [9.17, 15) is 10.2 Å². The third-order valence-electron chi connectivity index (χ3n) is 4.35. The highest BCUT2D eigenvalue weighted by Gasteiger charge is 2.23. The fourth-order valence-corrected chi connectivity index (χ4v) is 3.69. The van der Waals surface area contributed by atoms with Crippen LogP contribution >= 0.6 is 27.5 Å². The molecule has 2 rings (SSSR count). The molecule has 0 aromatic heterocycles. The van der Waals surface area contributed by atoms with Gasteiger partial charge in [0.25, 0.3) is 0 Å². The summed E-state index contributed by atoms with van der Waals surface area (Å²) in [6, 6.07) is 5.59. The van der Waals surface area contributed by atoms with Crippen molar-refractivity contribution in [2.75, 3.05) is 19.6 Å². The number of aliphatic hydroxyl groups is 2. The van der Waals surface area contributed by atoms with E-state index in [1.807, 2.05) is 25.1 Å². The first-order valence-electron chi connectivity index (χ1n) is 7.51. The Morgan fingerprint density at radius 1 is 1.33 bits per heavy atom. The molecule has 0 spiro atoms. The van der Waals surface area contributed by atoms with Crippen molar-refractivity contribution in [3.63, 3.8) is 0 Å². The number of likely N-dealkylation sites (tertiary alicyclic amines) is 1. The Labute approximate surface area is 140 Å². The lowest BCUT2D eigenvalue weighted by molar-refractivity contribution is 0.0641. The Morgan fingerprint density at radius 3 is 2.57 bits per heavy atom. The first kappa shape index (κ1) is 17.2. The summed E-state index contributed by atoms with van der Waals surface area (Å²) >= 11 is 9.54. The van der Waals surface area contributed by atoms with Crippen LogP contribution in [-0.4, -0.2) is 40.9 Å². The number of piperidine rings is 1. The van der Waals surface area contributed by atoms with Crippen molar-refractivity contribution in [3.05, 3.63) is 33.3 Å². The van der Waals surface area contributed by atoms with Gasteiger partial charge in [0.2, 0.25) is 0 Å². The molecule has 1 saturated heterocycles. The van der Waals surface area contributed by atoms with Crippen molar-refractivity contribution in [1.82, 2.24) is 4.90 Å². The molecule has 1 fully saturated rings. The molecular formula is C16H23BrClNO2. The van der Waals surface area contributed by atoms with Crippen LogP contribution in [0.1, 0.15) is 37.9 Å². The van der Waals surface area contributed by atoms with Crippen molar-refractivity contribution in [2.24, 2.45) is 5.92 Å². The summed E-state index contributed by atoms with van der Waals surface area (Å²) in [7, 11) is 0. The van der Waals surface area contributed by atoms with Gasteiger partial charge in [-0.05, 0) is 62.9 Å². The molecule has 2 unspecified atom stereocenters. The van der Waals surface area contributed by atoms with Gasteiger partial charge in [0.1, 0.15) is 0 Å². The Morgan fingerprint density at radius 2 is 2.00 bits per heavy atom. The molecule has 1 aliphatic heterocycles. The van der Waals surface area contributed by atoms with Gasteiger partial charge in [-0.25, -0.2) is 0 Å². The fourth-order valence-electron chi connectivity index (χ4n) is 2.89. The normalized spacial score (nSPS) is 20.4. The molecule has 3 nitrogen and oxygen atoms in total. The SMILES string of the molecule is CC(O)C1CCN(CCC(O)c2ccc(Br)cc2Cl)CC1. The van der Waals surface area contributed by atoms with Crippen molar-refractivity contribution in [2.45, 2.75) is 38.4 Å². The quantitative estimate of drug-likeness (QED) is 0.825. The van der Waals surface area contributed by atoms with Crippen LogP contribution in [0.5, 0.6) is 0 Å². The van der Waals surface area contributed by atoms with E-state index in [1.54, 1.807) is 0 Å². The van der Waals surface area contributed by atoms with Gasteiger partial charge in [0.15, 0.2) is 0 Å². The summed E-state index contributed by atoms with van der Waals surface area (Å²) in [6.45, 7) is 4.73. The van der Waals surface area contributed by atoms with Crippen LogP contribution in [0.2, 0.25) is 5.02 Å². The predicted molar refractivity (Wildman–Crippen MR) is 89.6 cm³/mol. The maximum atomic E-state index is 10.3. The van der Waals surface area contributed by atoms with Crippen molar-refractivity contribution in [3.8, 4) is 0 Å². The lowest BCUT2D eigenvalue weighted by Gasteiger charge is -2.33. The number of nitrogens with zero attached hydrogens (tertiary/aromatic N) is 1. The number of rotatable bonds is 5. The molecule has 0 amide bonds. The molecule has 1 aromatic rings. The monoisotopic (exact) mass is 375 g/mol. The van der Waals surface area contributed by atoms with Crippen LogP contribution in [-0.2, 0) is 0 Å². The van der Waals surface area contributed by atoms with Crippen LogP contribution in [0, 0.1) is 5.92 Å². The third kappa shape index (κ3) is 4.93. The van der Waals surface area contributed by atoms with Gasteiger partial charge >= 0.3 is 0 Å². The topological polar surface area (TPSA) is 43.7 Å². The molecule has 0 radical (unpaired) electrons. The van der Waals surface area contributed by atoms with E-state index >= 15 is 0 Å². The smallest absolute Gasteiger partial charge is 0.0816 e. The molecule has 0 bridgehead atoms. The van der Waals surface area contributed by atoms with E-state index in [2.05, 4.69) is 20.8 Å². The Balaban J connectivity index is 1.81. The van der Waals surface area contributed by atoms with Gasteiger partial charge in [-0.2, -0.15) is 0 Å². The minimum atomic E-state index is -0.528. The van der Waals surface area contributed by atoms with Gasteiger partial charge in [-0.15, -0.1) is 0 Å². The minimum absolute atomic E-state index is 0.209. The van der Waals surface area contributed by atoms with E-state index in [4.69, 9.17) is 11.6 Å². The fraction of sp³-hybridized carbons (Fsp3) is 0.625. The molecule has 21 heavy (non-hydrogen) atoms. The van der Waals surface area contributed by atoms with Gasteiger partial charge in [0.05, 0.1) is 12.2 Å². The summed E-state index contributed by atoms with van der Waals surface area (Å²) in [5.74, 6) is 0.423. The second kappa shape index (κ2) is 7.93. The van der Waals surface area contributed by atoms with E-state index in [0.29, 0.717) is 17.4 Å². The molecule has 1 heterocycles. The van der Waals surface area contributed by atoms with E-state index in [1.165, 1.54) is 0 Å². The van der Waals surface area contributed by atoms with E-state index < -0.39 is 6.10 Å². The molecule has 1 aliphatic rings. The molecular weight excluding hydrogens is 354 g/mol. The molecule has 2 atom stereocenters. The largest absolute Gasteiger partial charge is 0.393 e. The Bertz CT molecular complexity index is 462. The summed E-state index contributed by atoms with van der Waals surface area (Å²) in [5, 5.41) is 20.5.